The lowest BCUT2D eigenvalue weighted by molar-refractivity contribution is -0.294. The molecule has 126 valence electrons. The second-order valence-corrected chi connectivity index (χ2v) is 7.50. The van der Waals surface area contributed by atoms with E-state index in [0.29, 0.717) is 13.2 Å². The van der Waals surface area contributed by atoms with Gasteiger partial charge in [-0.15, -0.1) is 0 Å². The fraction of sp³-hybridized carbons (Fsp3) is 1.00. The van der Waals surface area contributed by atoms with Crippen molar-refractivity contribution in [3.63, 3.8) is 0 Å². The Morgan fingerprint density at radius 1 is 1.18 bits per heavy atom. The monoisotopic (exact) mass is 315 g/mol. The fourth-order valence-electron chi connectivity index (χ4n) is 4.30. The molecule has 7 heteroatoms. The van der Waals surface area contributed by atoms with Crippen molar-refractivity contribution in [2.24, 2.45) is 0 Å². The normalized spacial score (nSPS) is 53.3. The van der Waals surface area contributed by atoms with Gasteiger partial charge in [0.15, 0.2) is 5.79 Å². The summed E-state index contributed by atoms with van der Waals surface area (Å²) < 4.78 is 30.1. The molecule has 4 heterocycles. The highest BCUT2D eigenvalue weighted by atomic mass is 16.9. The largest absolute Gasteiger partial charge is 0.379 e. The zero-order valence-electron chi connectivity index (χ0n) is 13.8. The Morgan fingerprint density at radius 3 is 2.68 bits per heavy atom. The minimum atomic E-state index is -0.912. The van der Waals surface area contributed by atoms with E-state index in [1.807, 2.05) is 26.0 Å². The summed E-state index contributed by atoms with van der Waals surface area (Å²) in [7, 11) is 3.59. The van der Waals surface area contributed by atoms with E-state index in [1.165, 1.54) is 0 Å². The minimum absolute atomic E-state index is 0.118. The summed E-state index contributed by atoms with van der Waals surface area (Å²) in [4.78, 5) is 5.93. The molecule has 4 aliphatic heterocycles. The van der Waals surface area contributed by atoms with Crippen molar-refractivity contribution in [3.05, 3.63) is 0 Å². The lowest BCUT2D eigenvalue weighted by atomic mass is 9.95. The topological polar surface area (TPSA) is 58.6 Å². The fourth-order valence-corrected chi connectivity index (χ4v) is 4.30. The minimum Gasteiger partial charge on any atom is -0.379 e. The molecule has 0 aromatic rings. The molecule has 0 amide bonds. The molecule has 4 aliphatic rings. The maximum Gasteiger partial charge on any atom is 0.224 e. The predicted molar refractivity (Wildman–Crippen MR) is 74.9 cm³/mol. The molecule has 0 N–H and O–H groups in total. The maximum atomic E-state index is 6.36. The summed E-state index contributed by atoms with van der Waals surface area (Å²) in [6.45, 7) is 6.68. The van der Waals surface area contributed by atoms with Crippen LogP contribution in [0.2, 0.25) is 0 Å². The van der Waals surface area contributed by atoms with Crippen LogP contribution in [0, 0.1) is 0 Å². The number of hydrogen-bond acceptors (Lipinski definition) is 7. The van der Waals surface area contributed by atoms with E-state index < -0.39 is 11.6 Å². The van der Waals surface area contributed by atoms with Gasteiger partial charge in [-0.3, -0.25) is 4.84 Å². The van der Waals surface area contributed by atoms with Gasteiger partial charge in [-0.05, 0) is 20.8 Å². The Kier molecular flexibility index (Phi) is 3.21. The highest BCUT2D eigenvalue weighted by molar-refractivity contribution is 5.10. The van der Waals surface area contributed by atoms with Gasteiger partial charge in [0.25, 0.3) is 0 Å². The van der Waals surface area contributed by atoms with Crippen LogP contribution in [0.25, 0.3) is 0 Å². The number of hydrogen-bond donors (Lipinski definition) is 0. The van der Waals surface area contributed by atoms with Gasteiger partial charge in [-0.1, -0.05) is 0 Å². The van der Waals surface area contributed by atoms with Crippen LogP contribution < -0.4 is 0 Å². The smallest absolute Gasteiger partial charge is 0.224 e. The Balaban J connectivity index is 1.67. The SMILES string of the molecule is COC[C@@]12O[C@@H]3[C@@H](OC[C@]4(C)C[C@H]3N(C)O4)[C@@H]1OC(C)(C)O2. The van der Waals surface area contributed by atoms with Crippen LogP contribution in [0.1, 0.15) is 27.2 Å². The molecule has 4 rings (SSSR count). The van der Waals surface area contributed by atoms with Crippen LogP contribution in [0.4, 0.5) is 0 Å². The number of ether oxygens (including phenoxy) is 5. The van der Waals surface area contributed by atoms with E-state index in [-0.39, 0.29) is 30.0 Å². The van der Waals surface area contributed by atoms with Crippen LogP contribution >= 0.6 is 0 Å². The molecular weight excluding hydrogens is 290 g/mol. The molecule has 0 radical (unpaired) electrons. The molecule has 22 heavy (non-hydrogen) atoms. The summed E-state index contributed by atoms with van der Waals surface area (Å²) in [5, 5.41) is 1.90. The molecular formula is C15H25NO6. The van der Waals surface area contributed by atoms with Gasteiger partial charge in [-0.2, -0.15) is 5.06 Å². The van der Waals surface area contributed by atoms with Gasteiger partial charge in [0, 0.05) is 20.6 Å². The summed E-state index contributed by atoms with van der Waals surface area (Å²) in [6.07, 6.45) is 0.216. The number of nitrogens with zero attached hydrogens (tertiary/aromatic N) is 1. The summed E-state index contributed by atoms with van der Waals surface area (Å²) >= 11 is 0. The lowest BCUT2D eigenvalue weighted by Gasteiger charge is -2.33. The Hall–Kier alpha value is -0.280. The molecule has 0 aliphatic carbocycles. The second-order valence-electron chi connectivity index (χ2n) is 7.50. The standard InChI is InChI=1S/C15H25NO6/c1-13(2)20-12-11-10(19-15(12,21-13)8-17-5)9-6-14(3,7-18-11)22-16(9)4/h9-12H,6-8H2,1-5H3/t9-,10+,11-,12+,14+,15+/m1/s1. The molecule has 4 saturated heterocycles. The van der Waals surface area contributed by atoms with Crippen molar-refractivity contribution in [3.8, 4) is 0 Å². The van der Waals surface area contributed by atoms with Crippen molar-refractivity contribution in [2.75, 3.05) is 27.4 Å². The zero-order valence-corrected chi connectivity index (χ0v) is 13.8. The summed E-state index contributed by atoms with van der Waals surface area (Å²) in [5.41, 5.74) is -0.300. The van der Waals surface area contributed by atoms with Crippen molar-refractivity contribution >= 4 is 0 Å². The molecule has 0 aromatic carbocycles. The van der Waals surface area contributed by atoms with E-state index in [4.69, 9.17) is 28.5 Å². The van der Waals surface area contributed by atoms with E-state index in [1.54, 1.807) is 7.11 Å². The Bertz CT molecular complexity index is 473. The molecule has 6 atom stereocenters. The number of fused-ring (bicyclic) bond motifs is 6. The highest BCUT2D eigenvalue weighted by Gasteiger charge is 2.69. The predicted octanol–water partition coefficient (Wildman–Crippen LogP) is 0.673. The quantitative estimate of drug-likeness (QED) is 0.742. The third-order valence-electron chi connectivity index (χ3n) is 5.00. The van der Waals surface area contributed by atoms with Crippen LogP contribution in [-0.2, 0) is 28.5 Å². The van der Waals surface area contributed by atoms with Crippen molar-refractivity contribution in [2.45, 2.75) is 68.7 Å². The number of methoxy groups -OCH3 is 1. The van der Waals surface area contributed by atoms with E-state index in [9.17, 15) is 0 Å². The molecule has 0 saturated carbocycles. The molecule has 2 bridgehead atoms. The number of rotatable bonds is 2. The third-order valence-corrected chi connectivity index (χ3v) is 5.00. The van der Waals surface area contributed by atoms with Crippen LogP contribution in [0.3, 0.4) is 0 Å². The summed E-state index contributed by atoms with van der Waals surface area (Å²) in [6, 6.07) is 0.118. The van der Waals surface area contributed by atoms with Gasteiger partial charge < -0.3 is 23.7 Å². The first kappa shape index (κ1) is 15.3. The first-order valence-corrected chi connectivity index (χ1v) is 7.86. The molecule has 7 nitrogen and oxygen atoms in total. The zero-order chi connectivity index (χ0) is 15.8. The molecule has 0 unspecified atom stereocenters. The first-order valence-electron chi connectivity index (χ1n) is 7.86. The average molecular weight is 315 g/mol. The van der Waals surface area contributed by atoms with Gasteiger partial charge in [0.1, 0.15) is 30.5 Å². The molecule has 0 spiro atoms. The van der Waals surface area contributed by atoms with Crippen molar-refractivity contribution < 1.29 is 28.5 Å². The van der Waals surface area contributed by atoms with Gasteiger partial charge >= 0.3 is 0 Å². The van der Waals surface area contributed by atoms with Gasteiger partial charge in [-0.25, -0.2) is 0 Å². The van der Waals surface area contributed by atoms with Crippen LogP contribution in [0.15, 0.2) is 0 Å². The van der Waals surface area contributed by atoms with E-state index in [2.05, 4.69) is 6.92 Å². The van der Waals surface area contributed by atoms with Crippen LogP contribution in [0.5, 0.6) is 0 Å². The molecule has 4 fully saturated rings. The van der Waals surface area contributed by atoms with Crippen molar-refractivity contribution in [1.82, 2.24) is 5.06 Å². The summed E-state index contributed by atoms with van der Waals surface area (Å²) in [5.74, 6) is -1.63. The van der Waals surface area contributed by atoms with Gasteiger partial charge in [0.2, 0.25) is 5.79 Å². The van der Waals surface area contributed by atoms with E-state index >= 15 is 0 Å². The maximum absolute atomic E-state index is 6.36. The Labute approximate surface area is 130 Å². The first-order chi connectivity index (χ1) is 10.3. The number of likely N-dealkylation sites (N-methyl/N-ethyl adjacent to an activating group) is 1. The lowest BCUT2D eigenvalue weighted by Crippen LogP contribution is -2.47. The van der Waals surface area contributed by atoms with E-state index in [0.717, 1.165) is 6.42 Å². The van der Waals surface area contributed by atoms with Crippen LogP contribution in [-0.4, -0.2) is 74.0 Å². The molecule has 0 aromatic heterocycles. The Morgan fingerprint density at radius 2 is 1.95 bits per heavy atom. The van der Waals surface area contributed by atoms with Gasteiger partial charge in [0.05, 0.1) is 12.6 Å². The van der Waals surface area contributed by atoms with Crippen molar-refractivity contribution in [1.29, 1.82) is 0 Å². The third kappa shape index (κ3) is 2.07. The number of hydroxylamine groups is 2. The second kappa shape index (κ2) is 4.63. The highest BCUT2D eigenvalue weighted by Crippen LogP contribution is 2.51. The average Bonchev–Trinajstić information content (AvgIpc) is 2.88.